The normalized spacial score (nSPS) is 10.9. The minimum absolute atomic E-state index is 0.116. The van der Waals surface area contributed by atoms with Gasteiger partial charge in [0.05, 0.1) is 11.1 Å². The number of halogens is 3. The van der Waals surface area contributed by atoms with Crippen LogP contribution in [0.2, 0.25) is 0 Å². The first-order valence-corrected chi connectivity index (χ1v) is 5.12. The Hall–Kier alpha value is -1.91. The van der Waals surface area contributed by atoms with Crippen LogP contribution in [0, 0.1) is 0 Å². The maximum Gasteiger partial charge on any atom is 0.416 e. The van der Waals surface area contributed by atoms with E-state index >= 15 is 0 Å². The molecule has 0 spiro atoms. The van der Waals surface area contributed by atoms with Crippen molar-refractivity contribution in [3.63, 3.8) is 0 Å². The van der Waals surface area contributed by atoms with Gasteiger partial charge in [0.2, 0.25) is 0 Å². The molecule has 96 valence electrons. The zero-order valence-electron chi connectivity index (χ0n) is 9.84. The fraction of sp³-hybridized carbons (Fsp3) is 0.231. The van der Waals surface area contributed by atoms with Gasteiger partial charge in [-0.05, 0) is 37.6 Å². The van der Waals surface area contributed by atoms with Crippen molar-refractivity contribution < 1.29 is 22.8 Å². The van der Waals surface area contributed by atoms with E-state index < -0.39 is 23.3 Å². The van der Waals surface area contributed by atoms with Crippen LogP contribution in [0.3, 0.4) is 0 Å². The van der Waals surface area contributed by atoms with Crippen LogP contribution >= 0.6 is 0 Å². The Kier molecular flexibility index (Phi) is 4.06. The molecular formula is C13H11F3O2. The molecule has 0 fully saturated rings. The molecule has 0 atom stereocenters. The molecule has 0 aromatic heterocycles. The fourth-order valence-electron chi connectivity index (χ4n) is 1.42. The Morgan fingerprint density at radius 3 is 2.11 bits per heavy atom. The maximum absolute atomic E-state index is 12.5. The van der Waals surface area contributed by atoms with Gasteiger partial charge in [-0.1, -0.05) is 12.1 Å². The molecule has 5 heteroatoms. The highest BCUT2D eigenvalue weighted by molar-refractivity contribution is 6.21. The van der Waals surface area contributed by atoms with Gasteiger partial charge >= 0.3 is 6.18 Å². The Labute approximate surface area is 102 Å². The average Bonchev–Trinajstić information content (AvgIpc) is 2.24. The molecule has 0 aliphatic rings. The van der Waals surface area contributed by atoms with Gasteiger partial charge in [0.1, 0.15) is 0 Å². The first-order chi connectivity index (χ1) is 8.21. The first kappa shape index (κ1) is 14.2. The minimum Gasteiger partial charge on any atom is -0.294 e. The molecule has 0 radical (unpaired) electrons. The van der Waals surface area contributed by atoms with Crippen molar-refractivity contribution in [3.8, 4) is 0 Å². The highest BCUT2D eigenvalue weighted by atomic mass is 19.4. The van der Waals surface area contributed by atoms with Gasteiger partial charge in [-0.25, -0.2) is 0 Å². The Morgan fingerprint density at radius 1 is 1.11 bits per heavy atom. The van der Waals surface area contributed by atoms with Crippen LogP contribution in [-0.4, -0.2) is 11.6 Å². The van der Waals surface area contributed by atoms with Gasteiger partial charge in [-0.3, -0.25) is 9.59 Å². The summed E-state index contributed by atoms with van der Waals surface area (Å²) in [5.41, 5.74) is -0.762. The standard InChI is InChI=1S/C13H11F3O2/c1-8(17)12(9(2)18)7-10-4-3-5-11(6-10)13(14,15)16/h3-7H,1-2H3. The second-order valence-electron chi connectivity index (χ2n) is 3.79. The highest BCUT2D eigenvalue weighted by Gasteiger charge is 2.30. The highest BCUT2D eigenvalue weighted by Crippen LogP contribution is 2.29. The van der Waals surface area contributed by atoms with E-state index in [9.17, 15) is 22.8 Å². The third kappa shape index (κ3) is 3.55. The first-order valence-electron chi connectivity index (χ1n) is 5.12. The molecule has 0 aliphatic carbocycles. The van der Waals surface area contributed by atoms with Crippen LogP contribution in [0.4, 0.5) is 13.2 Å². The number of hydrogen-bond acceptors (Lipinski definition) is 2. The van der Waals surface area contributed by atoms with Crippen LogP contribution in [0.15, 0.2) is 29.8 Å². The number of alkyl halides is 3. The summed E-state index contributed by atoms with van der Waals surface area (Å²) in [5.74, 6) is -0.945. The Morgan fingerprint density at radius 2 is 1.67 bits per heavy atom. The molecule has 0 heterocycles. The van der Waals surface area contributed by atoms with E-state index in [-0.39, 0.29) is 11.1 Å². The van der Waals surface area contributed by atoms with Gasteiger partial charge in [-0.15, -0.1) is 0 Å². The van der Waals surface area contributed by atoms with Crippen LogP contribution in [0.5, 0.6) is 0 Å². The smallest absolute Gasteiger partial charge is 0.294 e. The number of Topliss-reactive ketones (excluding diaryl/α,β-unsaturated/α-hetero) is 2. The van der Waals surface area contributed by atoms with Gasteiger partial charge in [0, 0.05) is 0 Å². The molecule has 2 nitrogen and oxygen atoms in total. The number of carbonyl (C=O) groups excluding carboxylic acids is 2. The molecule has 0 saturated carbocycles. The summed E-state index contributed by atoms with van der Waals surface area (Å²) in [6.07, 6.45) is -3.28. The van der Waals surface area contributed by atoms with Gasteiger partial charge < -0.3 is 0 Å². The lowest BCUT2D eigenvalue weighted by molar-refractivity contribution is -0.137. The molecule has 1 aromatic carbocycles. The van der Waals surface area contributed by atoms with Crippen molar-refractivity contribution in [2.45, 2.75) is 20.0 Å². The zero-order chi connectivity index (χ0) is 13.9. The third-order valence-corrected chi connectivity index (χ3v) is 2.28. The van der Waals surface area contributed by atoms with E-state index in [1.807, 2.05) is 0 Å². The van der Waals surface area contributed by atoms with E-state index in [4.69, 9.17) is 0 Å². The van der Waals surface area contributed by atoms with E-state index in [0.29, 0.717) is 0 Å². The minimum atomic E-state index is -4.45. The van der Waals surface area contributed by atoms with E-state index in [1.165, 1.54) is 32.1 Å². The van der Waals surface area contributed by atoms with Gasteiger partial charge in [-0.2, -0.15) is 13.2 Å². The van der Waals surface area contributed by atoms with Crippen molar-refractivity contribution in [2.75, 3.05) is 0 Å². The molecule has 0 amide bonds. The second kappa shape index (κ2) is 5.16. The quantitative estimate of drug-likeness (QED) is 0.472. The Balaban J connectivity index is 3.23. The Bertz CT molecular complexity index is 497. The predicted octanol–water partition coefficient (Wildman–Crippen LogP) is 3.27. The van der Waals surface area contributed by atoms with Crippen LogP contribution < -0.4 is 0 Å². The van der Waals surface area contributed by atoms with Crippen LogP contribution in [-0.2, 0) is 15.8 Å². The molecule has 0 bridgehead atoms. The lowest BCUT2D eigenvalue weighted by Crippen LogP contribution is -2.07. The molecule has 0 aliphatic heterocycles. The number of ketones is 2. The SMILES string of the molecule is CC(=O)C(=Cc1cccc(C(F)(F)F)c1)C(C)=O. The van der Waals surface area contributed by atoms with Crippen LogP contribution in [0.1, 0.15) is 25.0 Å². The average molecular weight is 256 g/mol. The van der Waals surface area contributed by atoms with Gasteiger partial charge in [0.15, 0.2) is 11.6 Å². The molecule has 18 heavy (non-hydrogen) atoms. The van der Waals surface area contributed by atoms with E-state index in [2.05, 4.69) is 0 Å². The summed E-state index contributed by atoms with van der Waals surface area (Å²) in [7, 11) is 0. The van der Waals surface area contributed by atoms with E-state index in [0.717, 1.165) is 12.1 Å². The van der Waals surface area contributed by atoms with Crippen molar-refractivity contribution in [1.29, 1.82) is 0 Å². The van der Waals surface area contributed by atoms with Crippen molar-refractivity contribution >= 4 is 17.6 Å². The molecule has 1 rings (SSSR count). The summed E-state index contributed by atoms with van der Waals surface area (Å²) in [6.45, 7) is 2.39. The van der Waals surface area contributed by atoms with Gasteiger partial charge in [0.25, 0.3) is 0 Å². The summed E-state index contributed by atoms with van der Waals surface area (Å²) in [6, 6.07) is 4.46. The molecule has 0 saturated heterocycles. The lowest BCUT2D eigenvalue weighted by atomic mass is 10.0. The fourth-order valence-corrected chi connectivity index (χ4v) is 1.42. The molecule has 0 unspecified atom stereocenters. The summed E-state index contributed by atoms with van der Waals surface area (Å²) < 4.78 is 37.4. The van der Waals surface area contributed by atoms with Crippen molar-refractivity contribution in [1.82, 2.24) is 0 Å². The predicted molar refractivity (Wildman–Crippen MR) is 60.8 cm³/mol. The summed E-state index contributed by atoms with van der Waals surface area (Å²) >= 11 is 0. The topological polar surface area (TPSA) is 34.1 Å². The number of benzene rings is 1. The lowest BCUT2D eigenvalue weighted by Gasteiger charge is -2.07. The zero-order valence-corrected chi connectivity index (χ0v) is 9.84. The largest absolute Gasteiger partial charge is 0.416 e. The molecule has 0 N–H and O–H groups in total. The summed E-state index contributed by atoms with van der Waals surface area (Å²) in [5, 5.41) is 0. The van der Waals surface area contributed by atoms with E-state index in [1.54, 1.807) is 0 Å². The number of allylic oxidation sites excluding steroid dienone is 1. The molecular weight excluding hydrogens is 245 g/mol. The summed E-state index contributed by atoms with van der Waals surface area (Å²) in [4.78, 5) is 22.3. The second-order valence-corrected chi connectivity index (χ2v) is 3.79. The third-order valence-electron chi connectivity index (χ3n) is 2.28. The maximum atomic E-state index is 12.5. The van der Waals surface area contributed by atoms with Crippen molar-refractivity contribution in [3.05, 3.63) is 41.0 Å². The van der Waals surface area contributed by atoms with Crippen LogP contribution in [0.25, 0.3) is 6.08 Å². The number of rotatable bonds is 3. The molecule has 1 aromatic rings. The monoisotopic (exact) mass is 256 g/mol. The number of hydrogen-bond donors (Lipinski definition) is 0. The van der Waals surface area contributed by atoms with Crippen molar-refractivity contribution in [2.24, 2.45) is 0 Å². The number of carbonyl (C=O) groups is 2.